The number of carbonyl (C=O) groups is 3. The zero-order valence-electron chi connectivity index (χ0n) is 18.7. The summed E-state index contributed by atoms with van der Waals surface area (Å²) in [5.74, 6) is -0.708. The van der Waals surface area contributed by atoms with Gasteiger partial charge in [-0.2, -0.15) is 11.8 Å². The molecule has 2 heterocycles. The average Bonchev–Trinajstić information content (AvgIpc) is 3.38. The van der Waals surface area contributed by atoms with Gasteiger partial charge in [0.15, 0.2) is 18.2 Å². The van der Waals surface area contributed by atoms with Crippen molar-refractivity contribution in [1.29, 1.82) is 0 Å². The summed E-state index contributed by atoms with van der Waals surface area (Å²) in [6, 6.07) is 10.2. The Hall–Kier alpha value is -3.00. The second kappa shape index (κ2) is 10.1. The van der Waals surface area contributed by atoms with Gasteiger partial charge in [-0.15, -0.1) is 0 Å². The number of likely N-dealkylation sites (N-methyl/N-ethyl adjacent to an activating group) is 1. The van der Waals surface area contributed by atoms with Crippen molar-refractivity contribution in [2.75, 3.05) is 30.6 Å². The van der Waals surface area contributed by atoms with Crippen LogP contribution in [-0.2, 0) is 19.7 Å². The van der Waals surface area contributed by atoms with E-state index in [0.717, 1.165) is 16.9 Å². The van der Waals surface area contributed by atoms with Crippen molar-refractivity contribution in [2.24, 2.45) is 0 Å². The van der Waals surface area contributed by atoms with Crippen molar-refractivity contribution >= 4 is 35.1 Å². The highest BCUT2D eigenvalue weighted by molar-refractivity contribution is 7.98. The minimum Gasteiger partial charge on any atom is -0.459 e. The van der Waals surface area contributed by atoms with E-state index in [1.165, 1.54) is 18.4 Å². The highest BCUT2D eigenvalue weighted by Gasteiger charge is 2.38. The van der Waals surface area contributed by atoms with Gasteiger partial charge in [-0.05, 0) is 42.2 Å². The summed E-state index contributed by atoms with van der Waals surface area (Å²) >= 11 is 1.55. The second-order valence-electron chi connectivity index (χ2n) is 8.09. The Morgan fingerprint density at radius 1 is 1.22 bits per heavy atom. The molecule has 0 fully saturated rings. The van der Waals surface area contributed by atoms with Crippen molar-refractivity contribution in [3.05, 3.63) is 65.8 Å². The van der Waals surface area contributed by atoms with Crippen LogP contribution in [0.1, 0.15) is 36.4 Å². The topological polar surface area (TPSA) is 88.9 Å². The number of ketones is 1. The number of fused-ring (bicyclic) bond motifs is 1. The van der Waals surface area contributed by atoms with Gasteiger partial charge in [0.25, 0.3) is 5.91 Å². The van der Waals surface area contributed by atoms with E-state index in [-0.39, 0.29) is 17.0 Å². The summed E-state index contributed by atoms with van der Waals surface area (Å²) in [6.45, 7) is 3.72. The normalized spacial score (nSPS) is 16.5. The van der Waals surface area contributed by atoms with E-state index < -0.39 is 24.5 Å². The molecule has 1 aromatic carbocycles. The highest BCUT2D eigenvalue weighted by atomic mass is 32.2. The van der Waals surface area contributed by atoms with Crippen molar-refractivity contribution in [3.8, 4) is 0 Å². The van der Waals surface area contributed by atoms with E-state index in [1.54, 1.807) is 17.8 Å². The number of anilines is 1. The molecule has 1 N–H and O–H groups in total. The van der Waals surface area contributed by atoms with Gasteiger partial charge in [0, 0.05) is 29.9 Å². The molecule has 0 saturated heterocycles. The molecule has 0 saturated carbocycles. The molecular formula is C24H28N2O5S. The molecule has 3 rings (SSSR count). The Balaban J connectivity index is 1.64. The standard InChI is InChI=1S/C24H28N2O5S/c1-24(2)17-8-5-6-9-19(17)26(3)21(24)14-16(27)15-31-23(29)18(11-13-32-4)25-22(28)20-10-7-12-30-20/h5-10,12,14,18H,11,13,15H2,1-4H3,(H,25,28)/b21-14+/t18-/m1/s1. The minimum atomic E-state index is -0.865. The number of para-hydroxylation sites is 1. The number of benzene rings is 1. The largest absolute Gasteiger partial charge is 0.459 e. The Kier molecular flexibility index (Phi) is 7.45. The quantitative estimate of drug-likeness (QED) is 0.456. The van der Waals surface area contributed by atoms with Crippen molar-refractivity contribution in [3.63, 3.8) is 0 Å². The number of rotatable bonds is 9. The summed E-state index contributed by atoms with van der Waals surface area (Å²) in [5, 5.41) is 2.63. The summed E-state index contributed by atoms with van der Waals surface area (Å²) in [5.41, 5.74) is 2.68. The molecular weight excluding hydrogens is 428 g/mol. The molecule has 0 radical (unpaired) electrons. The summed E-state index contributed by atoms with van der Waals surface area (Å²) in [7, 11) is 1.92. The summed E-state index contributed by atoms with van der Waals surface area (Å²) in [4.78, 5) is 39.5. The molecule has 0 bridgehead atoms. The maximum atomic E-state index is 12.6. The van der Waals surface area contributed by atoms with E-state index >= 15 is 0 Å². The van der Waals surface area contributed by atoms with E-state index in [4.69, 9.17) is 9.15 Å². The van der Waals surface area contributed by atoms with Crippen LogP contribution in [0.2, 0.25) is 0 Å². The van der Waals surface area contributed by atoms with E-state index in [1.807, 2.05) is 36.4 Å². The third-order valence-electron chi connectivity index (χ3n) is 5.54. The Morgan fingerprint density at radius 2 is 1.97 bits per heavy atom. The predicted octanol–water partition coefficient (Wildman–Crippen LogP) is 3.55. The van der Waals surface area contributed by atoms with Gasteiger partial charge in [-0.1, -0.05) is 32.0 Å². The van der Waals surface area contributed by atoms with Crippen LogP contribution in [0.25, 0.3) is 0 Å². The first-order valence-electron chi connectivity index (χ1n) is 10.3. The molecule has 0 unspecified atom stereocenters. The fourth-order valence-electron chi connectivity index (χ4n) is 3.82. The number of carbonyl (C=O) groups excluding carboxylic acids is 3. The van der Waals surface area contributed by atoms with Gasteiger partial charge in [0.2, 0.25) is 0 Å². The number of furan rings is 1. The smallest absolute Gasteiger partial charge is 0.329 e. The van der Waals surface area contributed by atoms with E-state index in [9.17, 15) is 14.4 Å². The molecule has 1 aliphatic heterocycles. The van der Waals surface area contributed by atoms with Crippen molar-refractivity contribution in [1.82, 2.24) is 5.32 Å². The molecule has 0 spiro atoms. The lowest BCUT2D eigenvalue weighted by molar-refractivity contribution is -0.149. The van der Waals surface area contributed by atoms with Gasteiger partial charge >= 0.3 is 5.97 Å². The first kappa shape index (κ1) is 23.7. The van der Waals surface area contributed by atoms with Crippen LogP contribution in [-0.4, -0.2) is 49.4 Å². The van der Waals surface area contributed by atoms with Gasteiger partial charge < -0.3 is 19.4 Å². The predicted molar refractivity (Wildman–Crippen MR) is 125 cm³/mol. The van der Waals surface area contributed by atoms with Gasteiger partial charge in [-0.3, -0.25) is 9.59 Å². The lowest BCUT2D eigenvalue weighted by Crippen LogP contribution is -2.42. The van der Waals surface area contributed by atoms with E-state index in [2.05, 4.69) is 25.2 Å². The van der Waals surface area contributed by atoms with Crippen LogP contribution < -0.4 is 10.2 Å². The molecule has 1 atom stereocenters. The first-order chi connectivity index (χ1) is 15.3. The number of ether oxygens (including phenoxy) is 1. The Labute approximate surface area is 192 Å². The van der Waals surface area contributed by atoms with Gasteiger partial charge in [-0.25, -0.2) is 4.79 Å². The molecule has 1 aromatic heterocycles. The zero-order valence-corrected chi connectivity index (χ0v) is 19.5. The molecule has 170 valence electrons. The maximum Gasteiger partial charge on any atom is 0.329 e. The highest BCUT2D eigenvalue weighted by Crippen LogP contribution is 2.46. The summed E-state index contributed by atoms with van der Waals surface area (Å²) < 4.78 is 10.3. The average molecular weight is 457 g/mol. The number of hydrogen-bond acceptors (Lipinski definition) is 7. The maximum absolute atomic E-state index is 12.6. The minimum absolute atomic E-state index is 0.110. The van der Waals surface area contributed by atoms with Crippen LogP contribution in [0.5, 0.6) is 0 Å². The van der Waals surface area contributed by atoms with E-state index in [0.29, 0.717) is 12.2 Å². The van der Waals surface area contributed by atoms with Crippen LogP contribution in [0.15, 0.2) is 58.9 Å². The number of thioether (sulfide) groups is 1. The third-order valence-corrected chi connectivity index (χ3v) is 6.18. The number of amides is 1. The number of esters is 1. The van der Waals surface area contributed by atoms with Crippen molar-refractivity contribution < 1.29 is 23.5 Å². The number of nitrogens with one attached hydrogen (secondary N) is 1. The monoisotopic (exact) mass is 456 g/mol. The zero-order chi connectivity index (χ0) is 23.3. The molecule has 8 heteroatoms. The molecule has 32 heavy (non-hydrogen) atoms. The first-order valence-corrected chi connectivity index (χ1v) is 11.7. The van der Waals surface area contributed by atoms with Crippen LogP contribution in [0.4, 0.5) is 5.69 Å². The molecule has 0 aliphatic carbocycles. The molecule has 1 aliphatic rings. The molecule has 7 nitrogen and oxygen atoms in total. The second-order valence-corrected chi connectivity index (χ2v) is 9.08. The third kappa shape index (κ3) is 5.07. The number of allylic oxidation sites excluding steroid dienone is 1. The van der Waals surface area contributed by atoms with Crippen LogP contribution in [0, 0.1) is 0 Å². The number of nitrogens with zero attached hydrogens (tertiary/aromatic N) is 1. The van der Waals surface area contributed by atoms with Crippen LogP contribution in [0.3, 0.4) is 0 Å². The Morgan fingerprint density at radius 3 is 2.62 bits per heavy atom. The lowest BCUT2D eigenvalue weighted by Gasteiger charge is -2.24. The van der Waals surface area contributed by atoms with Gasteiger partial charge in [0.1, 0.15) is 6.04 Å². The fourth-order valence-corrected chi connectivity index (χ4v) is 4.29. The van der Waals surface area contributed by atoms with Crippen molar-refractivity contribution in [2.45, 2.75) is 31.7 Å². The Bertz CT molecular complexity index is 1010. The fraction of sp³-hybridized carbons (Fsp3) is 0.375. The SMILES string of the molecule is CSCC[C@@H](NC(=O)c1ccco1)C(=O)OCC(=O)/C=C1/N(C)c2ccccc2C1(C)C. The number of hydrogen-bond donors (Lipinski definition) is 1. The molecule has 1 amide bonds. The summed E-state index contributed by atoms with van der Waals surface area (Å²) in [6.07, 6.45) is 5.21. The van der Waals surface area contributed by atoms with Crippen LogP contribution >= 0.6 is 11.8 Å². The molecule has 2 aromatic rings. The van der Waals surface area contributed by atoms with Gasteiger partial charge in [0.05, 0.1) is 6.26 Å². The lowest BCUT2D eigenvalue weighted by atomic mass is 9.83.